The summed E-state index contributed by atoms with van der Waals surface area (Å²) < 4.78 is 5.40. The maximum absolute atomic E-state index is 10.1. The van der Waals surface area contributed by atoms with E-state index in [2.05, 4.69) is 16.8 Å². The van der Waals surface area contributed by atoms with Crippen LogP contribution >= 0.6 is 0 Å². The average molecular weight is 286 g/mol. The summed E-state index contributed by atoms with van der Waals surface area (Å²) >= 11 is 0. The van der Waals surface area contributed by atoms with E-state index in [1.165, 1.54) is 5.56 Å². The predicted octanol–water partition coefficient (Wildman–Crippen LogP) is 3.17. The zero-order valence-electron chi connectivity index (χ0n) is 12.8. The molecular formula is C17H22N2O2. The van der Waals surface area contributed by atoms with Crippen molar-refractivity contribution in [1.29, 1.82) is 0 Å². The van der Waals surface area contributed by atoms with Gasteiger partial charge < -0.3 is 14.7 Å². The second-order valence-corrected chi connectivity index (χ2v) is 4.94. The molecule has 1 aromatic carbocycles. The van der Waals surface area contributed by atoms with Crippen molar-refractivity contribution in [2.75, 3.05) is 18.6 Å². The third-order valence-electron chi connectivity index (χ3n) is 3.53. The molecule has 0 amide bonds. The van der Waals surface area contributed by atoms with Crippen LogP contribution in [0.15, 0.2) is 42.7 Å². The van der Waals surface area contributed by atoms with Gasteiger partial charge in [0.1, 0.15) is 5.75 Å². The molecule has 0 aliphatic carbocycles. The van der Waals surface area contributed by atoms with Gasteiger partial charge in [0, 0.05) is 36.7 Å². The highest BCUT2D eigenvalue weighted by Gasteiger charge is 2.18. The van der Waals surface area contributed by atoms with Crippen molar-refractivity contribution in [2.45, 2.75) is 26.5 Å². The lowest BCUT2D eigenvalue weighted by Crippen LogP contribution is -2.24. The lowest BCUT2D eigenvalue weighted by molar-refractivity contribution is 0.194. The number of ether oxygens (including phenoxy) is 1. The standard InChI is InChI=1S/C17H22N2O2/c1-4-19(12-14-8-10-18-11-9-14)15-6-5-7-16(21-3)17(15)13(2)20/h5-11,13,20H,4,12H2,1-3H3. The Bertz CT molecular complexity index is 570. The van der Waals surface area contributed by atoms with Crippen molar-refractivity contribution in [3.05, 3.63) is 53.9 Å². The molecule has 4 heteroatoms. The molecule has 0 aliphatic rings. The highest BCUT2D eigenvalue weighted by Crippen LogP contribution is 2.35. The molecule has 0 saturated heterocycles. The van der Waals surface area contributed by atoms with Crippen LogP contribution in [-0.4, -0.2) is 23.7 Å². The molecule has 1 N–H and O–H groups in total. The minimum Gasteiger partial charge on any atom is -0.496 e. The van der Waals surface area contributed by atoms with Crippen molar-refractivity contribution in [3.8, 4) is 5.75 Å². The SMILES string of the molecule is CCN(Cc1ccncc1)c1cccc(OC)c1C(C)O. The summed E-state index contributed by atoms with van der Waals surface area (Å²) in [6, 6.07) is 9.87. The van der Waals surface area contributed by atoms with Gasteiger partial charge in [0.25, 0.3) is 0 Å². The Hall–Kier alpha value is -2.07. The smallest absolute Gasteiger partial charge is 0.126 e. The fourth-order valence-corrected chi connectivity index (χ4v) is 2.48. The van der Waals surface area contributed by atoms with Gasteiger partial charge in [-0.05, 0) is 43.7 Å². The molecule has 1 atom stereocenters. The van der Waals surface area contributed by atoms with Gasteiger partial charge in [-0.2, -0.15) is 0 Å². The van der Waals surface area contributed by atoms with Crippen LogP contribution in [0.2, 0.25) is 0 Å². The molecule has 21 heavy (non-hydrogen) atoms. The van der Waals surface area contributed by atoms with E-state index in [1.807, 2.05) is 30.3 Å². The van der Waals surface area contributed by atoms with E-state index in [0.29, 0.717) is 0 Å². The average Bonchev–Trinajstić information content (AvgIpc) is 2.52. The number of aliphatic hydroxyl groups is 1. The first kappa shape index (κ1) is 15.3. The highest BCUT2D eigenvalue weighted by atomic mass is 16.5. The largest absolute Gasteiger partial charge is 0.496 e. The molecule has 112 valence electrons. The second-order valence-electron chi connectivity index (χ2n) is 4.94. The number of hydrogen-bond acceptors (Lipinski definition) is 4. The molecule has 0 spiro atoms. The highest BCUT2D eigenvalue weighted by molar-refractivity contribution is 5.60. The van der Waals surface area contributed by atoms with E-state index in [4.69, 9.17) is 4.74 Å². The van der Waals surface area contributed by atoms with Crippen LogP contribution in [0.3, 0.4) is 0 Å². The first-order valence-corrected chi connectivity index (χ1v) is 7.16. The van der Waals surface area contributed by atoms with Gasteiger partial charge >= 0.3 is 0 Å². The van der Waals surface area contributed by atoms with Crippen LogP contribution in [-0.2, 0) is 6.54 Å². The zero-order chi connectivity index (χ0) is 15.2. The number of methoxy groups -OCH3 is 1. The molecule has 1 heterocycles. The van der Waals surface area contributed by atoms with E-state index >= 15 is 0 Å². The second kappa shape index (κ2) is 7.09. The number of benzene rings is 1. The number of anilines is 1. The van der Waals surface area contributed by atoms with Gasteiger partial charge in [0.2, 0.25) is 0 Å². The fraction of sp³-hybridized carbons (Fsp3) is 0.353. The third kappa shape index (κ3) is 3.52. The summed E-state index contributed by atoms with van der Waals surface area (Å²) in [5.41, 5.74) is 3.02. The topological polar surface area (TPSA) is 45.6 Å². The maximum Gasteiger partial charge on any atom is 0.126 e. The number of pyridine rings is 1. The van der Waals surface area contributed by atoms with E-state index < -0.39 is 6.10 Å². The zero-order valence-corrected chi connectivity index (χ0v) is 12.8. The number of aliphatic hydroxyl groups excluding tert-OH is 1. The summed E-state index contributed by atoms with van der Waals surface area (Å²) in [5.74, 6) is 0.718. The summed E-state index contributed by atoms with van der Waals surface area (Å²) in [6.45, 7) is 5.48. The lowest BCUT2D eigenvalue weighted by atomic mass is 10.0. The van der Waals surface area contributed by atoms with E-state index in [1.54, 1.807) is 26.4 Å². The van der Waals surface area contributed by atoms with Gasteiger partial charge in [-0.3, -0.25) is 4.98 Å². The number of hydrogen-bond donors (Lipinski definition) is 1. The van der Waals surface area contributed by atoms with Crippen molar-refractivity contribution in [1.82, 2.24) is 4.98 Å². The van der Waals surface area contributed by atoms with Gasteiger partial charge in [0.05, 0.1) is 13.2 Å². The number of rotatable bonds is 6. The summed E-state index contributed by atoms with van der Waals surface area (Å²) in [7, 11) is 1.63. The summed E-state index contributed by atoms with van der Waals surface area (Å²) in [5, 5.41) is 10.1. The Labute approximate surface area is 126 Å². The van der Waals surface area contributed by atoms with Crippen molar-refractivity contribution in [3.63, 3.8) is 0 Å². The van der Waals surface area contributed by atoms with Gasteiger partial charge in [-0.1, -0.05) is 6.07 Å². The van der Waals surface area contributed by atoms with Crippen LogP contribution in [0.5, 0.6) is 5.75 Å². The predicted molar refractivity (Wildman–Crippen MR) is 84.6 cm³/mol. The molecule has 0 aliphatic heterocycles. The molecule has 1 unspecified atom stereocenters. The van der Waals surface area contributed by atoms with Crippen molar-refractivity contribution < 1.29 is 9.84 Å². The Morgan fingerprint density at radius 1 is 1.24 bits per heavy atom. The van der Waals surface area contributed by atoms with Crippen LogP contribution in [0.4, 0.5) is 5.69 Å². The monoisotopic (exact) mass is 286 g/mol. The third-order valence-corrected chi connectivity index (χ3v) is 3.53. The van der Waals surface area contributed by atoms with E-state index in [-0.39, 0.29) is 0 Å². The summed E-state index contributed by atoms with van der Waals surface area (Å²) in [6.07, 6.45) is 3.01. The molecule has 0 radical (unpaired) electrons. The van der Waals surface area contributed by atoms with Gasteiger partial charge in [-0.25, -0.2) is 0 Å². The Kier molecular flexibility index (Phi) is 5.17. The van der Waals surface area contributed by atoms with Crippen LogP contribution in [0, 0.1) is 0 Å². The molecule has 2 rings (SSSR count). The van der Waals surface area contributed by atoms with Crippen LogP contribution in [0.1, 0.15) is 31.1 Å². The van der Waals surface area contributed by atoms with Crippen LogP contribution < -0.4 is 9.64 Å². The first-order chi connectivity index (χ1) is 10.2. The quantitative estimate of drug-likeness (QED) is 0.886. The van der Waals surface area contributed by atoms with Crippen molar-refractivity contribution in [2.24, 2.45) is 0 Å². The molecule has 0 fully saturated rings. The molecule has 0 saturated carbocycles. The van der Waals surface area contributed by atoms with Crippen molar-refractivity contribution >= 4 is 5.69 Å². The maximum atomic E-state index is 10.1. The fourth-order valence-electron chi connectivity index (χ4n) is 2.48. The van der Waals surface area contributed by atoms with Gasteiger partial charge in [0.15, 0.2) is 0 Å². The van der Waals surface area contributed by atoms with E-state index in [0.717, 1.165) is 30.1 Å². The Morgan fingerprint density at radius 2 is 1.95 bits per heavy atom. The van der Waals surface area contributed by atoms with E-state index in [9.17, 15) is 5.11 Å². The first-order valence-electron chi connectivity index (χ1n) is 7.16. The molecule has 0 bridgehead atoms. The Balaban J connectivity index is 2.38. The molecule has 2 aromatic rings. The summed E-state index contributed by atoms with van der Waals surface area (Å²) in [4.78, 5) is 6.27. The molecule has 4 nitrogen and oxygen atoms in total. The molecular weight excluding hydrogens is 264 g/mol. The Morgan fingerprint density at radius 3 is 2.52 bits per heavy atom. The molecule has 1 aromatic heterocycles. The lowest BCUT2D eigenvalue weighted by Gasteiger charge is -2.28. The number of nitrogens with zero attached hydrogens (tertiary/aromatic N) is 2. The minimum atomic E-state index is -0.581. The van der Waals surface area contributed by atoms with Gasteiger partial charge in [-0.15, -0.1) is 0 Å². The minimum absolute atomic E-state index is 0.581. The normalized spacial score (nSPS) is 12.0. The number of aromatic nitrogens is 1. The van der Waals surface area contributed by atoms with Crippen LogP contribution in [0.25, 0.3) is 0 Å².